The van der Waals surface area contributed by atoms with Crippen LogP contribution in [0.25, 0.3) is 0 Å². The molecule has 0 radical (unpaired) electrons. The lowest BCUT2D eigenvalue weighted by molar-refractivity contribution is 0.125. The van der Waals surface area contributed by atoms with E-state index in [1.165, 1.54) is 0 Å². The van der Waals surface area contributed by atoms with Gasteiger partial charge in [-0.1, -0.05) is 20.8 Å². The molecule has 0 spiro atoms. The molecule has 0 aromatic carbocycles. The van der Waals surface area contributed by atoms with E-state index in [4.69, 9.17) is 4.74 Å². The summed E-state index contributed by atoms with van der Waals surface area (Å²) in [5.74, 6) is 2.79. The molecule has 0 aromatic heterocycles. The Kier molecular flexibility index (Phi) is 1.17. The third-order valence-electron chi connectivity index (χ3n) is 2.95. The Morgan fingerprint density at radius 1 is 1.10 bits per heavy atom. The smallest absolute Gasteiger partial charge is 0.0501 e. The molecule has 1 saturated carbocycles. The summed E-state index contributed by atoms with van der Waals surface area (Å²) >= 11 is 0. The molecule has 1 aliphatic heterocycles. The third kappa shape index (κ3) is 0.800. The lowest BCUT2D eigenvalue weighted by Gasteiger charge is -2.20. The highest BCUT2D eigenvalue weighted by molar-refractivity contribution is 5.05. The molecule has 1 nitrogen and oxygen atoms in total. The SMILES string of the molecule is CC(C)(C)C1[C@H]2COC[C@@H]12. The predicted molar refractivity (Wildman–Crippen MR) is 40.7 cm³/mol. The Morgan fingerprint density at radius 2 is 1.60 bits per heavy atom. The largest absolute Gasteiger partial charge is 0.381 e. The number of fused-ring (bicyclic) bond motifs is 1. The van der Waals surface area contributed by atoms with Crippen LogP contribution < -0.4 is 0 Å². The van der Waals surface area contributed by atoms with Crippen molar-refractivity contribution in [2.45, 2.75) is 20.8 Å². The quantitative estimate of drug-likeness (QED) is 0.499. The van der Waals surface area contributed by atoms with Gasteiger partial charge in [-0.15, -0.1) is 0 Å². The van der Waals surface area contributed by atoms with Gasteiger partial charge in [0.2, 0.25) is 0 Å². The van der Waals surface area contributed by atoms with Crippen molar-refractivity contribution in [1.82, 2.24) is 0 Å². The topological polar surface area (TPSA) is 9.23 Å². The van der Waals surface area contributed by atoms with Gasteiger partial charge in [0.05, 0.1) is 13.2 Å². The van der Waals surface area contributed by atoms with Crippen LogP contribution in [0, 0.1) is 23.2 Å². The molecule has 10 heavy (non-hydrogen) atoms. The van der Waals surface area contributed by atoms with Crippen molar-refractivity contribution in [3.63, 3.8) is 0 Å². The zero-order valence-corrected chi connectivity index (χ0v) is 7.05. The van der Waals surface area contributed by atoms with Crippen LogP contribution in [0.15, 0.2) is 0 Å². The maximum absolute atomic E-state index is 5.33. The number of ether oxygens (including phenoxy) is 1. The number of hydrogen-bond acceptors (Lipinski definition) is 1. The molecule has 1 heterocycles. The second kappa shape index (κ2) is 1.76. The summed E-state index contributed by atoms with van der Waals surface area (Å²) in [6.07, 6.45) is 0. The molecule has 1 aliphatic carbocycles. The first-order valence-corrected chi connectivity index (χ1v) is 4.18. The van der Waals surface area contributed by atoms with E-state index in [0.717, 1.165) is 31.0 Å². The van der Waals surface area contributed by atoms with Crippen molar-refractivity contribution in [2.24, 2.45) is 23.2 Å². The fraction of sp³-hybridized carbons (Fsp3) is 1.00. The van der Waals surface area contributed by atoms with Crippen molar-refractivity contribution >= 4 is 0 Å². The van der Waals surface area contributed by atoms with Gasteiger partial charge in [-0.2, -0.15) is 0 Å². The van der Waals surface area contributed by atoms with Crippen LogP contribution in [0.1, 0.15) is 20.8 Å². The second-order valence-corrected chi connectivity index (χ2v) is 4.76. The van der Waals surface area contributed by atoms with Gasteiger partial charge in [0, 0.05) is 0 Å². The molecule has 1 saturated heterocycles. The fourth-order valence-electron chi connectivity index (χ4n) is 2.52. The minimum absolute atomic E-state index is 0.527. The first kappa shape index (κ1) is 6.66. The van der Waals surface area contributed by atoms with Crippen LogP contribution in [0.5, 0.6) is 0 Å². The molecule has 0 bridgehead atoms. The van der Waals surface area contributed by atoms with E-state index < -0.39 is 0 Å². The summed E-state index contributed by atoms with van der Waals surface area (Å²) in [4.78, 5) is 0. The van der Waals surface area contributed by atoms with Gasteiger partial charge in [0.25, 0.3) is 0 Å². The van der Waals surface area contributed by atoms with E-state index in [1.807, 2.05) is 0 Å². The first-order chi connectivity index (χ1) is 4.61. The zero-order valence-electron chi connectivity index (χ0n) is 7.05. The fourth-order valence-corrected chi connectivity index (χ4v) is 2.52. The Morgan fingerprint density at radius 3 is 1.90 bits per heavy atom. The molecule has 2 aliphatic rings. The summed E-state index contributed by atoms with van der Waals surface area (Å²) < 4.78 is 5.33. The van der Waals surface area contributed by atoms with Crippen LogP contribution in [0.4, 0.5) is 0 Å². The van der Waals surface area contributed by atoms with Crippen molar-refractivity contribution in [1.29, 1.82) is 0 Å². The average Bonchev–Trinajstić information content (AvgIpc) is 2.30. The van der Waals surface area contributed by atoms with Crippen LogP contribution in [0.2, 0.25) is 0 Å². The van der Waals surface area contributed by atoms with Crippen molar-refractivity contribution in [2.75, 3.05) is 13.2 Å². The summed E-state index contributed by atoms with van der Waals surface area (Å²) in [6, 6.07) is 0. The van der Waals surface area contributed by atoms with E-state index in [1.54, 1.807) is 0 Å². The van der Waals surface area contributed by atoms with Crippen molar-refractivity contribution < 1.29 is 4.74 Å². The van der Waals surface area contributed by atoms with Crippen molar-refractivity contribution in [3.8, 4) is 0 Å². The third-order valence-corrected chi connectivity index (χ3v) is 2.95. The van der Waals surface area contributed by atoms with E-state index in [0.29, 0.717) is 5.41 Å². The molecule has 2 fully saturated rings. The average molecular weight is 140 g/mol. The van der Waals surface area contributed by atoms with Crippen LogP contribution in [0.3, 0.4) is 0 Å². The predicted octanol–water partition coefficient (Wildman–Crippen LogP) is 1.92. The standard InChI is InChI=1S/C9H16O/c1-9(2,3)8-6-4-10-5-7(6)8/h6-8H,4-5H2,1-3H3/t6-,7+,8?. The molecule has 2 rings (SSSR count). The molecule has 3 atom stereocenters. The van der Waals surface area contributed by atoms with Gasteiger partial charge in [-0.25, -0.2) is 0 Å². The van der Waals surface area contributed by atoms with E-state index in [-0.39, 0.29) is 0 Å². The van der Waals surface area contributed by atoms with Crippen LogP contribution in [-0.4, -0.2) is 13.2 Å². The first-order valence-electron chi connectivity index (χ1n) is 4.18. The van der Waals surface area contributed by atoms with Gasteiger partial charge in [-0.05, 0) is 23.2 Å². The Balaban J connectivity index is 2.01. The molecule has 1 unspecified atom stereocenters. The molecule has 1 heteroatoms. The summed E-state index contributed by atoms with van der Waals surface area (Å²) in [5.41, 5.74) is 0.527. The van der Waals surface area contributed by atoms with Gasteiger partial charge >= 0.3 is 0 Å². The highest BCUT2D eigenvalue weighted by Gasteiger charge is 2.58. The van der Waals surface area contributed by atoms with Gasteiger partial charge in [0.15, 0.2) is 0 Å². The molecule has 0 N–H and O–H groups in total. The normalized spacial score (nSPS) is 45.3. The van der Waals surface area contributed by atoms with Crippen LogP contribution in [-0.2, 0) is 4.74 Å². The van der Waals surface area contributed by atoms with Crippen LogP contribution >= 0.6 is 0 Å². The minimum Gasteiger partial charge on any atom is -0.381 e. The lowest BCUT2D eigenvalue weighted by Crippen LogP contribution is -2.14. The Labute approximate surface area is 62.8 Å². The lowest BCUT2D eigenvalue weighted by atomic mass is 9.88. The highest BCUT2D eigenvalue weighted by Crippen LogP contribution is 2.58. The molecule has 0 aromatic rings. The highest BCUT2D eigenvalue weighted by atomic mass is 16.5. The van der Waals surface area contributed by atoms with Crippen molar-refractivity contribution in [3.05, 3.63) is 0 Å². The van der Waals surface area contributed by atoms with Gasteiger partial charge in [0.1, 0.15) is 0 Å². The van der Waals surface area contributed by atoms with E-state index >= 15 is 0 Å². The van der Waals surface area contributed by atoms with E-state index in [2.05, 4.69) is 20.8 Å². The maximum atomic E-state index is 5.33. The Bertz CT molecular complexity index is 135. The number of rotatable bonds is 0. The number of hydrogen-bond donors (Lipinski definition) is 0. The summed E-state index contributed by atoms with van der Waals surface area (Å²) in [7, 11) is 0. The molecular weight excluding hydrogens is 124 g/mol. The monoisotopic (exact) mass is 140 g/mol. The Hall–Kier alpha value is -0.0400. The molecule has 0 amide bonds. The molecular formula is C9H16O. The molecule has 58 valence electrons. The van der Waals surface area contributed by atoms with Gasteiger partial charge in [-0.3, -0.25) is 0 Å². The van der Waals surface area contributed by atoms with Gasteiger partial charge < -0.3 is 4.74 Å². The van der Waals surface area contributed by atoms with E-state index in [9.17, 15) is 0 Å². The minimum atomic E-state index is 0.527. The summed E-state index contributed by atoms with van der Waals surface area (Å²) in [5, 5.41) is 0. The summed E-state index contributed by atoms with van der Waals surface area (Å²) in [6.45, 7) is 9.10. The maximum Gasteiger partial charge on any atom is 0.0501 e. The zero-order chi connectivity index (χ0) is 7.35. The second-order valence-electron chi connectivity index (χ2n) is 4.76.